The van der Waals surface area contributed by atoms with Crippen LogP contribution in [0.3, 0.4) is 0 Å². The van der Waals surface area contributed by atoms with E-state index in [2.05, 4.69) is 4.90 Å². The van der Waals surface area contributed by atoms with Gasteiger partial charge in [0.1, 0.15) is 0 Å². The van der Waals surface area contributed by atoms with Gasteiger partial charge in [-0.15, -0.1) is 0 Å². The van der Waals surface area contributed by atoms with Crippen LogP contribution in [0.15, 0.2) is 18.2 Å². The summed E-state index contributed by atoms with van der Waals surface area (Å²) in [6.07, 6.45) is -1.41. The Kier molecular flexibility index (Phi) is 2.55. The second-order valence-electron chi connectivity index (χ2n) is 5.07. The molecule has 2 heterocycles. The van der Waals surface area contributed by atoms with E-state index < -0.39 is 11.7 Å². The van der Waals surface area contributed by atoms with Gasteiger partial charge in [-0.1, -0.05) is 6.07 Å². The Morgan fingerprint density at radius 3 is 2.72 bits per heavy atom. The topological polar surface area (TPSA) is 29.3 Å². The molecule has 0 amide bonds. The van der Waals surface area contributed by atoms with Crippen LogP contribution in [0.5, 0.6) is 0 Å². The van der Waals surface area contributed by atoms with Crippen molar-refractivity contribution in [3.05, 3.63) is 29.3 Å². The molecule has 98 valence electrons. The lowest BCUT2D eigenvalue weighted by Crippen LogP contribution is -2.38. The standard InChI is InChI=1S/C13H15F3N2/c14-13(15,16)9-2-1-8-5-10-3-4-11(7-17)18(10)12(8)6-9/h1-2,6,10-11H,3-5,7,17H2. The highest BCUT2D eigenvalue weighted by Crippen LogP contribution is 2.43. The highest BCUT2D eigenvalue weighted by molar-refractivity contribution is 5.63. The van der Waals surface area contributed by atoms with Gasteiger partial charge in [0.05, 0.1) is 5.56 Å². The molecule has 1 fully saturated rings. The van der Waals surface area contributed by atoms with E-state index in [4.69, 9.17) is 5.73 Å². The maximum atomic E-state index is 12.7. The van der Waals surface area contributed by atoms with E-state index in [1.165, 1.54) is 12.1 Å². The molecule has 0 aromatic heterocycles. The fourth-order valence-corrected chi connectivity index (χ4v) is 3.19. The maximum Gasteiger partial charge on any atom is 0.416 e. The van der Waals surface area contributed by atoms with Gasteiger partial charge in [-0.3, -0.25) is 0 Å². The van der Waals surface area contributed by atoms with Crippen LogP contribution >= 0.6 is 0 Å². The molecule has 0 spiro atoms. The van der Waals surface area contributed by atoms with E-state index >= 15 is 0 Å². The lowest BCUT2D eigenvalue weighted by molar-refractivity contribution is -0.137. The van der Waals surface area contributed by atoms with Crippen LogP contribution in [-0.2, 0) is 12.6 Å². The van der Waals surface area contributed by atoms with Crippen LogP contribution in [0.4, 0.5) is 18.9 Å². The predicted molar refractivity (Wildman–Crippen MR) is 63.5 cm³/mol. The summed E-state index contributed by atoms with van der Waals surface area (Å²) in [5.74, 6) is 0. The van der Waals surface area contributed by atoms with E-state index in [0.29, 0.717) is 12.6 Å². The van der Waals surface area contributed by atoms with Gasteiger partial charge in [-0.25, -0.2) is 0 Å². The molecule has 1 aromatic carbocycles. The molecule has 2 aliphatic heterocycles. The third-order valence-electron chi connectivity index (χ3n) is 4.04. The SMILES string of the molecule is NCC1CCC2Cc3ccc(C(F)(F)F)cc3N12. The van der Waals surface area contributed by atoms with Crippen molar-refractivity contribution in [2.75, 3.05) is 11.4 Å². The average Bonchev–Trinajstić information content (AvgIpc) is 2.84. The first-order valence-corrected chi connectivity index (χ1v) is 6.19. The summed E-state index contributed by atoms with van der Waals surface area (Å²) < 4.78 is 38.2. The van der Waals surface area contributed by atoms with Gasteiger partial charge in [0, 0.05) is 24.3 Å². The second kappa shape index (κ2) is 3.88. The molecule has 2 unspecified atom stereocenters. The molecular formula is C13H15F3N2. The lowest BCUT2D eigenvalue weighted by Gasteiger charge is -2.26. The minimum absolute atomic E-state index is 0.194. The minimum Gasteiger partial charge on any atom is -0.364 e. The lowest BCUT2D eigenvalue weighted by atomic mass is 10.0. The average molecular weight is 256 g/mol. The van der Waals surface area contributed by atoms with Gasteiger partial charge in [-0.2, -0.15) is 13.2 Å². The van der Waals surface area contributed by atoms with Gasteiger partial charge in [0.15, 0.2) is 0 Å². The Balaban J connectivity index is 2.01. The molecule has 0 bridgehead atoms. The Morgan fingerprint density at radius 2 is 2.06 bits per heavy atom. The van der Waals surface area contributed by atoms with Crippen molar-refractivity contribution in [3.8, 4) is 0 Å². The third kappa shape index (κ3) is 1.68. The summed E-state index contributed by atoms with van der Waals surface area (Å²) in [6.45, 7) is 0.506. The zero-order valence-electron chi connectivity index (χ0n) is 9.87. The molecular weight excluding hydrogens is 241 g/mol. The van der Waals surface area contributed by atoms with Crippen molar-refractivity contribution in [2.24, 2.45) is 5.73 Å². The molecule has 0 radical (unpaired) electrons. The number of fused-ring (bicyclic) bond motifs is 3. The molecule has 0 aliphatic carbocycles. The molecule has 1 saturated heterocycles. The van der Waals surface area contributed by atoms with Crippen molar-refractivity contribution in [1.82, 2.24) is 0 Å². The number of hydrogen-bond acceptors (Lipinski definition) is 2. The number of anilines is 1. The first-order chi connectivity index (χ1) is 8.50. The largest absolute Gasteiger partial charge is 0.416 e. The summed E-state index contributed by atoms with van der Waals surface area (Å²) in [4.78, 5) is 2.10. The smallest absolute Gasteiger partial charge is 0.364 e. The van der Waals surface area contributed by atoms with Crippen LogP contribution in [0, 0.1) is 0 Å². The van der Waals surface area contributed by atoms with Crippen LogP contribution in [0.25, 0.3) is 0 Å². The number of benzene rings is 1. The second-order valence-corrected chi connectivity index (χ2v) is 5.07. The molecule has 2 atom stereocenters. The zero-order valence-corrected chi connectivity index (χ0v) is 9.87. The van der Waals surface area contributed by atoms with E-state index in [-0.39, 0.29) is 6.04 Å². The predicted octanol–water partition coefficient (Wildman–Crippen LogP) is 2.56. The summed E-state index contributed by atoms with van der Waals surface area (Å²) in [7, 11) is 0. The highest BCUT2D eigenvalue weighted by Gasteiger charge is 2.40. The summed E-state index contributed by atoms with van der Waals surface area (Å²) in [5.41, 5.74) is 6.90. The quantitative estimate of drug-likeness (QED) is 0.836. The molecule has 2 aliphatic rings. The third-order valence-corrected chi connectivity index (χ3v) is 4.04. The van der Waals surface area contributed by atoms with Crippen LogP contribution < -0.4 is 10.6 Å². The maximum absolute atomic E-state index is 12.7. The normalized spacial score (nSPS) is 26.3. The molecule has 3 rings (SSSR count). The van der Waals surface area contributed by atoms with Gasteiger partial charge < -0.3 is 10.6 Å². The minimum atomic E-state index is -4.27. The van der Waals surface area contributed by atoms with Gasteiger partial charge in [0.2, 0.25) is 0 Å². The molecule has 5 heteroatoms. The molecule has 2 N–H and O–H groups in total. The summed E-state index contributed by atoms with van der Waals surface area (Å²) in [5, 5.41) is 0. The highest BCUT2D eigenvalue weighted by atomic mass is 19.4. The van der Waals surface area contributed by atoms with Gasteiger partial charge in [-0.05, 0) is 37.0 Å². The molecule has 0 saturated carbocycles. The Labute approximate surface area is 104 Å². The van der Waals surface area contributed by atoms with Gasteiger partial charge >= 0.3 is 6.18 Å². The van der Waals surface area contributed by atoms with E-state index in [0.717, 1.165) is 30.5 Å². The number of rotatable bonds is 1. The van der Waals surface area contributed by atoms with Crippen molar-refractivity contribution < 1.29 is 13.2 Å². The Bertz CT molecular complexity index is 468. The number of nitrogens with zero attached hydrogens (tertiary/aromatic N) is 1. The number of hydrogen-bond donors (Lipinski definition) is 1. The fourth-order valence-electron chi connectivity index (χ4n) is 3.19. The van der Waals surface area contributed by atoms with Crippen LogP contribution in [0.1, 0.15) is 24.0 Å². The first-order valence-electron chi connectivity index (χ1n) is 6.19. The van der Waals surface area contributed by atoms with Crippen molar-refractivity contribution in [3.63, 3.8) is 0 Å². The van der Waals surface area contributed by atoms with Crippen molar-refractivity contribution >= 4 is 5.69 Å². The summed E-state index contributed by atoms with van der Waals surface area (Å²) >= 11 is 0. The molecule has 1 aromatic rings. The van der Waals surface area contributed by atoms with E-state index in [1.807, 2.05) is 0 Å². The number of nitrogens with two attached hydrogens (primary N) is 1. The first kappa shape index (κ1) is 11.8. The van der Waals surface area contributed by atoms with Crippen molar-refractivity contribution in [1.29, 1.82) is 0 Å². The van der Waals surface area contributed by atoms with E-state index in [1.54, 1.807) is 6.07 Å². The summed E-state index contributed by atoms with van der Waals surface area (Å²) in [6, 6.07) is 4.61. The fraction of sp³-hybridized carbons (Fsp3) is 0.538. The monoisotopic (exact) mass is 256 g/mol. The van der Waals surface area contributed by atoms with Crippen molar-refractivity contribution in [2.45, 2.75) is 37.5 Å². The zero-order chi connectivity index (χ0) is 12.9. The molecule has 2 nitrogen and oxygen atoms in total. The van der Waals surface area contributed by atoms with Crippen LogP contribution in [-0.4, -0.2) is 18.6 Å². The van der Waals surface area contributed by atoms with Gasteiger partial charge in [0.25, 0.3) is 0 Å². The van der Waals surface area contributed by atoms with E-state index in [9.17, 15) is 13.2 Å². The Hall–Kier alpha value is -1.23. The van der Waals surface area contributed by atoms with Crippen LogP contribution in [0.2, 0.25) is 0 Å². The Morgan fingerprint density at radius 1 is 1.28 bits per heavy atom. The number of halogens is 3. The number of alkyl halides is 3. The molecule has 18 heavy (non-hydrogen) atoms.